The van der Waals surface area contributed by atoms with Crippen LogP contribution in [0.3, 0.4) is 0 Å². The minimum atomic E-state index is -0.214. The molecule has 1 fully saturated rings. The number of carbonyl (C=O) groups is 2. The van der Waals surface area contributed by atoms with Crippen LogP contribution >= 0.6 is 15.9 Å². The molecule has 1 unspecified atom stereocenters. The van der Waals surface area contributed by atoms with Gasteiger partial charge in [0, 0.05) is 18.8 Å². The zero-order valence-corrected chi connectivity index (χ0v) is 17.1. The highest BCUT2D eigenvalue weighted by Gasteiger charge is 2.24. The van der Waals surface area contributed by atoms with Crippen molar-refractivity contribution in [2.24, 2.45) is 11.7 Å². The molecule has 0 spiro atoms. The molecule has 1 aromatic carbocycles. The van der Waals surface area contributed by atoms with Gasteiger partial charge in [0.15, 0.2) is 0 Å². The number of primary amides is 1. The standard InChI is InChI=1S/C20H24BrN3O3/c1-12-17(18(21)13(2)27-12)20(26)23-16-7-5-14(6-8-16)10-24-9-3-4-15(11-24)19(22)25/h5-8,15H,3-4,9-11H2,1-2H3,(H2,22,25)(H,23,26). The van der Waals surface area contributed by atoms with Gasteiger partial charge in [-0.2, -0.15) is 0 Å². The maximum atomic E-state index is 12.5. The number of aryl methyl sites for hydroxylation is 2. The molecule has 0 aliphatic carbocycles. The molecule has 2 amide bonds. The van der Waals surface area contributed by atoms with Gasteiger partial charge in [0.1, 0.15) is 11.5 Å². The predicted octanol–water partition coefficient (Wildman–Crippen LogP) is 3.61. The van der Waals surface area contributed by atoms with E-state index in [9.17, 15) is 9.59 Å². The summed E-state index contributed by atoms with van der Waals surface area (Å²) in [7, 11) is 0. The monoisotopic (exact) mass is 433 g/mol. The first-order valence-corrected chi connectivity index (χ1v) is 9.82. The van der Waals surface area contributed by atoms with Gasteiger partial charge < -0.3 is 15.5 Å². The number of rotatable bonds is 5. The molecule has 0 saturated carbocycles. The second-order valence-electron chi connectivity index (χ2n) is 7.03. The van der Waals surface area contributed by atoms with E-state index >= 15 is 0 Å². The highest BCUT2D eigenvalue weighted by atomic mass is 79.9. The van der Waals surface area contributed by atoms with Crippen LogP contribution in [0.1, 0.15) is 40.3 Å². The van der Waals surface area contributed by atoms with Crippen molar-refractivity contribution in [3.63, 3.8) is 0 Å². The van der Waals surface area contributed by atoms with Gasteiger partial charge in [-0.05, 0) is 66.9 Å². The Morgan fingerprint density at radius 3 is 2.56 bits per heavy atom. The lowest BCUT2D eigenvalue weighted by Crippen LogP contribution is -2.40. The third-order valence-electron chi connectivity index (χ3n) is 4.94. The summed E-state index contributed by atoms with van der Waals surface area (Å²) in [5.41, 5.74) is 7.82. The normalized spacial score (nSPS) is 17.7. The summed E-state index contributed by atoms with van der Waals surface area (Å²) in [5.74, 6) is 0.793. The second kappa shape index (κ2) is 8.27. The summed E-state index contributed by atoms with van der Waals surface area (Å²) in [6.45, 7) is 6.03. The number of hydrogen-bond acceptors (Lipinski definition) is 4. The van der Waals surface area contributed by atoms with Crippen molar-refractivity contribution < 1.29 is 14.0 Å². The molecule has 2 aromatic rings. The third-order valence-corrected chi connectivity index (χ3v) is 5.89. The molecule has 0 radical (unpaired) electrons. The van der Waals surface area contributed by atoms with E-state index < -0.39 is 0 Å². The van der Waals surface area contributed by atoms with Crippen LogP contribution in [-0.4, -0.2) is 29.8 Å². The van der Waals surface area contributed by atoms with Gasteiger partial charge in [-0.15, -0.1) is 0 Å². The van der Waals surface area contributed by atoms with E-state index in [-0.39, 0.29) is 17.7 Å². The van der Waals surface area contributed by atoms with Crippen LogP contribution in [0.4, 0.5) is 5.69 Å². The van der Waals surface area contributed by atoms with E-state index in [1.165, 1.54) is 0 Å². The molecule has 1 aromatic heterocycles. The molecule has 3 rings (SSSR count). The van der Waals surface area contributed by atoms with Gasteiger partial charge in [-0.3, -0.25) is 14.5 Å². The molecule has 7 heteroatoms. The Balaban J connectivity index is 1.62. The lowest BCUT2D eigenvalue weighted by atomic mass is 9.97. The number of nitrogens with zero attached hydrogens (tertiary/aromatic N) is 1. The van der Waals surface area contributed by atoms with Crippen molar-refractivity contribution in [3.05, 3.63) is 51.4 Å². The number of halogens is 1. The van der Waals surface area contributed by atoms with Gasteiger partial charge in [0.2, 0.25) is 5.91 Å². The van der Waals surface area contributed by atoms with Crippen molar-refractivity contribution in [2.45, 2.75) is 33.2 Å². The average molecular weight is 434 g/mol. The van der Waals surface area contributed by atoms with Gasteiger partial charge in [-0.25, -0.2) is 0 Å². The topological polar surface area (TPSA) is 88.6 Å². The van der Waals surface area contributed by atoms with E-state index in [2.05, 4.69) is 26.1 Å². The van der Waals surface area contributed by atoms with E-state index in [0.29, 0.717) is 28.1 Å². The maximum absolute atomic E-state index is 12.5. The Labute approximate surface area is 167 Å². The van der Waals surface area contributed by atoms with Crippen molar-refractivity contribution >= 4 is 33.4 Å². The van der Waals surface area contributed by atoms with Crippen LogP contribution in [-0.2, 0) is 11.3 Å². The second-order valence-corrected chi connectivity index (χ2v) is 7.82. The summed E-state index contributed by atoms with van der Waals surface area (Å²) in [5, 5.41) is 2.90. The number of anilines is 1. The largest absolute Gasteiger partial charge is 0.465 e. The number of nitrogens with one attached hydrogen (secondary N) is 1. The van der Waals surface area contributed by atoms with Gasteiger partial charge in [-0.1, -0.05) is 12.1 Å². The van der Waals surface area contributed by atoms with E-state index in [4.69, 9.17) is 10.2 Å². The Morgan fingerprint density at radius 1 is 1.26 bits per heavy atom. The lowest BCUT2D eigenvalue weighted by Gasteiger charge is -2.31. The van der Waals surface area contributed by atoms with Crippen molar-refractivity contribution in [3.8, 4) is 0 Å². The van der Waals surface area contributed by atoms with Gasteiger partial charge >= 0.3 is 0 Å². The van der Waals surface area contributed by atoms with Gasteiger partial charge in [0.25, 0.3) is 5.91 Å². The van der Waals surface area contributed by atoms with Crippen LogP contribution in [0.15, 0.2) is 33.2 Å². The van der Waals surface area contributed by atoms with Crippen LogP contribution in [0.25, 0.3) is 0 Å². The van der Waals surface area contributed by atoms with Crippen molar-refractivity contribution in [2.75, 3.05) is 18.4 Å². The Hall–Kier alpha value is -2.12. The van der Waals surface area contributed by atoms with E-state index in [1.807, 2.05) is 31.2 Å². The van der Waals surface area contributed by atoms with E-state index in [0.717, 1.165) is 37.2 Å². The fraction of sp³-hybridized carbons (Fsp3) is 0.400. The molecule has 1 aliphatic heterocycles. The third kappa shape index (κ3) is 4.59. The zero-order valence-electron chi connectivity index (χ0n) is 15.5. The highest BCUT2D eigenvalue weighted by molar-refractivity contribution is 9.10. The molecule has 144 valence electrons. The Morgan fingerprint density at radius 2 is 1.96 bits per heavy atom. The predicted molar refractivity (Wildman–Crippen MR) is 107 cm³/mol. The number of piperidine rings is 1. The average Bonchev–Trinajstić information content (AvgIpc) is 2.89. The molecule has 1 atom stereocenters. The number of amides is 2. The van der Waals surface area contributed by atoms with Crippen LogP contribution in [0.5, 0.6) is 0 Å². The van der Waals surface area contributed by atoms with E-state index in [1.54, 1.807) is 6.92 Å². The molecule has 1 aliphatic rings. The summed E-state index contributed by atoms with van der Waals surface area (Å²) in [6.07, 6.45) is 1.86. The number of hydrogen-bond donors (Lipinski definition) is 2. The molecule has 2 heterocycles. The van der Waals surface area contributed by atoms with Crippen molar-refractivity contribution in [1.29, 1.82) is 0 Å². The van der Waals surface area contributed by atoms with Crippen LogP contribution < -0.4 is 11.1 Å². The summed E-state index contributed by atoms with van der Waals surface area (Å²) in [4.78, 5) is 26.2. The summed E-state index contributed by atoms with van der Waals surface area (Å²) >= 11 is 3.40. The van der Waals surface area contributed by atoms with Crippen LogP contribution in [0, 0.1) is 19.8 Å². The number of nitrogens with two attached hydrogens (primary N) is 1. The highest BCUT2D eigenvalue weighted by Crippen LogP contribution is 2.28. The van der Waals surface area contributed by atoms with Crippen molar-refractivity contribution in [1.82, 2.24) is 4.90 Å². The van der Waals surface area contributed by atoms with Crippen LogP contribution in [0.2, 0.25) is 0 Å². The number of benzene rings is 1. The summed E-state index contributed by atoms with van der Waals surface area (Å²) < 4.78 is 6.17. The number of carbonyl (C=O) groups excluding carboxylic acids is 2. The number of furan rings is 1. The SMILES string of the molecule is Cc1oc(C)c(C(=O)Nc2ccc(CN3CCCC(C(N)=O)C3)cc2)c1Br. The quantitative estimate of drug-likeness (QED) is 0.753. The Kier molecular flexibility index (Phi) is 6.01. The number of likely N-dealkylation sites (tertiary alicyclic amines) is 1. The Bertz CT molecular complexity index is 845. The molecule has 0 bridgehead atoms. The molecule has 1 saturated heterocycles. The first-order chi connectivity index (χ1) is 12.8. The molecular weight excluding hydrogens is 410 g/mol. The fourth-order valence-electron chi connectivity index (χ4n) is 3.49. The van der Waals surface area contributed by atoms with Gasteiger partial charge in [0.05, 0.1) is 16.0 Å². The molecule has 3 N–H and O–H groups in total. The first-order valence-electron chi connectivity index (χ1n) is 9.02. The lowest BCUT2D eigenvalue weighted by molar-refractivity contribution is -0.123. The summed E-state index contributed by atoms with van der Waals surface area (Å²) in [6, 6.07) is 7.76. The minimum absolute atomic E-state index is 0.0579. The minimum Gasteiger partial charge on any atom is -0.465 e. The molecule has 27 heavy (non-hydrogen) atoms. The molecular formula is C20H24BrN3O3. The maximum Gasteiger partial charge on any atom is 0.260 e. The first kappa shape index (κ1) is 19.6. The zero-order chi connectivity index (χ0) is 19.6. The molecule has 6 nitrogen and oxygen atoms in total. The fourth-order valence-corrected chi connectivity index (χ4v) is 4.03. The smallest absolute Gasteiger partial charge is 0.260 e.